The molecule has 7 nitrogen and oxygen atoms in total. The Hall–Kier alpha value is -2.16. The minimum absolute atomic E-state index is 0.341. The summed E-state index contributed by atoms with van der Waals surface area (Å²) in [6.45, 7) is 7.38. The van der Waals surface area contributed by atoms with Gasteiger partial charge in [0.2, 0.25) is 5.72 Å². The molecular formula is C25H31ClN2O5. The minimum Gasteiger partial charge on any atom is -0.469 e. The van der Waals surface area contributed by atoms with E-state index in [1.165, 1.54) is 5.69 Å². The molecule has 2 aromatic carbocycles. The first-order valence-corrected chi connectivity index (χ1v) is 11.7. The molecule has 0 amide bonds. The number of fused-ring (bicyclic) bond motifs is 1. The molecular weight excluding hydrogens is 444 g/mol. The highest BCUT2D eigenvalue weighted by molar-refractivity contribution is 6.31. The minimum atomic E-state index is -1.37. The fourth-order valence-corrected chi connectivity index (χ4v) is 4.87. The van der Waals surface area contributed by atoms with Gasteiger partial charge in [-0.15, -0.1) is 0 Å². The Morgan fingerprint density at radius 3 is 2.39 bits per heavy atom. The summed E-state index contributed by atoms with van der Waals surface area (Å²) < 4.78 is 11.8. The molecule has 0 spiro atoms. The number of halogens is 1. The molecule has 0 aliphatic carbocycles. The average molecular weight is 475 g/mol. The van der Waals surface area contributed by atoms with Crippen LogP contribution in [0.1, 0.15) is 37.5 Å². The Kier molecular flexibility index (Phi) is 6.98. The molecule has 0 radical (unpaired) electrons. The van der Waals surface area contributed by atoms with Gasteiger partial charge in [-0.1, -0.05) is 29.8 Å². The molecule has 178 valence electrons. The molecule has 0 bridgehead atoms. The Morgan fingerprint density at radius 1 is 1.06 bits per heavy atom. The van der Waals surface area contributed by atoms with Crippen LogP contribution in [0.5, 0.6) is 0 Å². The van der Waals surface area contributed by atoms with Gasteiger partial charge in [0.05, 0.1) is 6.61 Å². The van der Waals surface area contributed by atoms with E-state index in [2.05, 4.69) is 48.0 Å². The zero-order valence-electron chi connectivity index (χ0n) is 19.1. The molecule has 2 aliphatic heterocycles. The number of benzene rings is 2. The van der Waals surface area contributed by atoms with Crippen molar-refractivity contribution in [2.24, 2.45) is 4.99 Å². The van der Waals surface area contributed by atoms with Crippen LogP contribution in [0.25, 0.3) is 0 Å². The predicted molar refractivity (Wildman–Crippen MR) is 128 cm³/mol. The largest absolute Gasteiger partial charge is 0.469 e. The van der Waals surface area contributed by atoms with E-state index in [0.717, 1.165) is 24.2 Å². The molecule has 0 saturated carbocycles. The molecule has 2 aliphatic rings. The van der Waals surface area contributed by atoms with Crippen LogP contribution in [0.4, 0.5) is 5.69 Å². The first-order chi connectivity index (χ1) is 15.8. The van der Waals surface area contributed by atoms with Crippen LogP contribution in [0, 0.1) is 0 Å². The molecule has 33 heavy (non-hydrogen) atoms. The standard InChI is InChI=1S/C25H31ClN2O5/c1-4-28(5-2)19-9-6-16(7-10-19)12-17-13-18(8-11-20(17)26)25-24(32-15(3)27-25)23(31)22(30)21(14-29)33-25/h6-11,13,21-24,29-31H,4-5,12,14H2,1-3H3/t21-,22-,23+,24?,25?/m1/s1. The summed E-state index contributed by atoms with van der Waals surface area (Å²) in [5.41, 5.74) is 2.43. The molecule has 8 heteroatoms. The van der Waals surface area contributed by atoms with Gasteiger partial charge in [0.1, 0.15) is 18.3 Å². The third-order valence-corrected chi connectivity index (χ3v) is 6.85. The second kappa shape index (κ2) is 9.60. The number of rotatable bonds is 7. The van der Waals surface area contributed by atoms with E-state index in [1.807, 2.05) is 6.07 Å². The maximum Gasteiger partial charge on any atom is 0.228 e. The van der Waals surface area contributed by atoms with Crippen LogP contribution >= 0.6 is 11.6 Å². The third-order valence-electron chi connectivity index (χ3n) is 6.48. The first-order valence-electron chi connectivity index (χ1n) is 11.3. The highest BCUT2D eigenvalue weighted by Crippen LogP contribution is 2.45. The number of aliphatic imine (C=N–C) groups is 1. The zero-order valence-corrected chi connectivity index (χ0v) is 19.9. The van der Waals surface area contributed by atoms with Crippen LogP contribution in [-0.2, 0) is 21.6 Å². The molecule has 4 rings (SSSR count). The Morgan fingerprint density at radius 2 is 1.76 bits per heavy atom. The lowest BCUT2D eigenvalue weighted by molar-refractivity contribution is -0.262. The second-order valence-electron chi connectivity index (χ2n) is 8.51. The summed E-state index contributed by atoms with van der Waals surface area (Å²) in [4.78, 5) is 6.85. The Bertz CT molecular complexity index is 1010. The quantitative estimate of drug-likeness (QED) is 0.571. The van der Waals surface area contributed by atoms with Crippen molar-refractivity contribution in [3.63, 3.8) is 0 Å². The van der Waals surface area contributed by atoms with Crippen molar-refractivity contribution in [2.45, 2.75) is 57.3 Å². The van der Waals surface area contributed by atoms with Crippen LogP contribution in [-0.4, -0.2) is 65.3 Å². The number of aliphatic hydroxyl groups is 3. The van der Waals surface area contributed by atoms with Gasteiger partial charge in [-0.05, 0) is 55.7 Å². The van der Waals surface area contributed by atoms with Crippen molar-refractivity contribution in [2.75, 3.05) is 24.6 Å². The van der Waals surface area contributed by atoms with Crippen molar-refractivity contribution in [1.82, 2.24) is 0 Å². The van der Waals surface area contributed by atoms with Crippen LogP contribution in [0.15, 0.2) is 47.5 Å². The summed E-state index contributed by atoms with van der Waals surface area (Å²) in [6, 6.07) is 13.9. The van der Waals surface area contributed by atoms with Crippen LogP contribution in [0.3, 0.4) is 0 Å². The molecule has 2 aromatic rings. The highest BCUT2D eigenvalue weighted by Gasteiger charge is 2.59. The summed E-state index contributed by atoms with van der Waals surface area (Å²) in [7, 11) is 0. The lowest BCUT2D eigenvalue weighted by Crippen LogP contribution is -2.61. The van der Waals surface area contributed by atoms with E-state index in [1.54, 1.807) is 19.1 Å². The number of hydrogen-bond donors (Lipinski definition) is 3. The third kappa shape index (κ3) is 4.36. The van der Waals surface area contributed by atoms with Gasteiger partial charge in [0.15, 0.2) is 12.0 Å². The Labute approximate surface area is 199 Å². The number of ether oxygens (including phenoxy) is 2. The monoisotopic (exact) mass is 474 g/mol. The van der Waals surface area contributed by atoms with Gasteiger partial charge in [-0.3, -0.25) is 0 Å². The lowest BCUT2D eigenvalue weighted by Gasteiger charge is -2.44. The van der Waals surface area contributed by atoms with E-state index in [9.17, 15) is 15.3 Å². The van der Waals surface area contributed by atoms with Gasteiger partial charge in [-0.2, -0.15) is 0 Å². The molecule has 1 fully saturated rings. The topological polar surface area (TPSA) is 94.8 Å². The molecule has 0 aromatic heterocycles. The van der Waals surface area contributed by atoms with Gasteiger partial charge < -0.3 is 29.7 Å². The maximum atomic E-state index is 10.7. The fraction of sp³-hybridized carbons (Fsp3) is 0.480. The van der Waals surface area contributed by atoms with Crippen molar-refractivity contribution in [3.8, 4) is 0 Å². The first kappa shape index (κ1) is 24.0. The Balaban J connectivity index is 1.67. The van der Waals surface area contributed by atoms with E-state index < -0.39 is 36.7 Å². The van der Waals surface area contributed by atoms with Crippen LogP contribution < -0.4 is 4.90 Å². The summed E-state index contributed by atoms with van der Waals surface area (Å²) >= 11 is 6.54. The molecule has 3 N–H and O–H groups in total. The summed E-state index contributed by atoms with van der Waals surface area (Å²) in [6.07, 6.45) is -3.89. The van der Waals surface area contributed by atoms with Gasteiger partial charge in [0, 0.05) is 36.3 Å². The van der Waals surface area contributed by atoms with Crippen LogP contribution in [0.2, 0.25) is 5.02 Å². The lowest BCUT2D eigenvalue weighted by atomic mass is 9.85. The van der Waals surface area contributed by atoms with Crippen molar-refractivity contribution in [1.29, 1.82) is 0 Å². The van der Waals surface area contributed by atoms with Gasteiger partial charge in [0.25, 0.3) is 0 Å². The maximum absolute atomic E-state index is 10.7. The van der Waals surface area contributed by atoms with Crippen molar-refractivity contribution >= 4 is 23.2 Å². The fourth-order valence-electron chi connectivity index (χ4n) is 4.69. The summed E-state index contributed by atoms with van der Waals surface area (Å²) in [5, 5.41) is 31.3. The van der Waals surface area contributed by atoms with E-state index in [-0.39, 0.29) is 0 Å². The number of nitrogens with zero attached hydrogens (tertiary/aromatic N) is 2. The molecule has 1 saturated heterocycles. The van der Waals surface area contributed by atoms with E-state index >= 15 is 0 Å². The number of aliphatic hydroxyl groups excluding tert-OH is 3. The van der Waals surface area contributed by atoms with E-state index in [4.69, 9.17) is 21.1 Å². The zero-order chi connectivity index (χ0) is 23.8. The molecule has 2 heterocycles. The highest BCUT2D eigenvalue weighted by atomic mass is 35.5. The van der Waals surface area contributed by atoms with Gasteiger partial charge in [-0.25, -0.2) is 4.99 Å². The second-order valence-corrected chi connectivity index (χ2v) is 8.91. The SMILES string of the molecule is CCN(CC)c1ccc(Cc2cc(C34N=C(C)OC3[C@@H](O)[C@H](O)[C@@H](CO)O4)ccc2Cl)cc1. The molecule has 5 atom stereocenters. The van der Waals surface area contributed by atoms with E-state index in [0.29, 0.717) is 22.9 Å². The summed E-state index contributed by atoms with van der Waals surface area (Å²) in [5.74, 6) is 0.341. The molecule has 2 unspecified atom stereocenters. The predicted octanol–water partition coefficient (Wildman–Crippen LogP) is 2.86. The van der Waals surface area contributed by atoms with Crippen molar-refractivity contribution < 1.29 is 24.8 Å². The van der Waals surface area contributed by atoms with Crippen molar-refractivity contribution in [3.05, 3.63) is 64.2 Å². The average Bonchev–Trinajstić information content (AvgIpc) is 3.17. The number of hydrogen-bond acceptors (Lipinski definition) is 7. The number of anilines is 1. The normalized spacial score (nSPS) is 28.8. The smallest absolute Gasteiger partial charge is 0.228 e. The van der Waals surface area contributed by atoms with Gasteiger partial charge >= 0.3 is 0 Å².